The van der Waals surface area contributed by atoms with E-state index < -0.39 is 25.1 Å². The molecule has 1 amide bonds. The van der Waals surface area contributed by atoms with Gasteiger partial charge in [0.15, 0.2) is 9.84 Å². The Bertz CT molecular complexity index is 931. The number of piperidine rings is 1. The van der Waals surface area contributed by atoms with Crippen LogP contribution < -0.4 is 16.2 Å². The van der Waals surface area contributed by atoms with Crippen LogP contribution in [0.5, 0.6) is 0 Å². The van der Waals surface area contributed by atoms with Crippen molar-refractivity contribution in [3.63, 3.8) is 0 Å². The van der Waals surface area contributed by atoms with Crippen molar-refractivity contribution >= 4 is 31.5 Å². The normalized spacial score (nSPS) is 26.9. The average molecular weight is 431 g/mol. The van der Waals surface area contributed by atoms with Crippen molar-refractivity contribution in [2.75, 3.05) is 31.2 Å². The lowest BCUT2D eigenvalue weighted by Gasteiger charge is -2.36. The molecule has 28 heavy (non-hydrogen) atoms. The second-order valence-corrected chi connectivity index (χ2v) is 11.6. The van der Waals surface area contributed by atoms with Crippen molar-refractivity contribution in [3.8, 4) is 0 Å². The third-order valence-corrected chi connectivity index (χ3v) is 8.70. The highest BCUT2D eigenvalue weighted by Gasteiger charge is 2.42. The number of benzene rings is 1. The van der Waals surface area contributed by atoms with Gasteiger partial charge in [0, 0.05) is 44.5 Å². The quantitative estimate of drug-likeness (QED) is 0.597. The van der Waals surface area contributed by atoms with Crippen molar-refractivity contribution in [2.24, 2.45) is 5.92 Å². The van der Waals surface area contributed by atoms with E-state index in [1.165, 1.54) is 29.6 Å². The number of hydrogen-bond donors (Lipinski definition) is 3. The summed E-state index contributed by atoms with van der Waals surface area (Å²) in [5.41, 5.74) is 6.46. The Morgan fingerprint density at radius 1 is 1.18 bits per heavy atom. The lowest BCUT2D eigenvalue weighted by Crippen LogP contribution is -2.50. The Morgan fingerprint density at radius 3 is 2.46 bits per heavy atom. The number of amides is 1. The molecule has 2 aliphatic heterocycles. The second-order valence-electron chi connectivity index (χ2n) is 7.39. The average Bonchev–Trinajstić information content (AvgIpc) is 3.12. The minimum atomic E-state index is -3.70. The third kappa shape index (κ3) is 4.54. The second kappa shape index (κ2) is 8.07. The molecule has 0 aromatic heterocycles. The maximum absolute atomic E-state index is 13.0. The van der Waals surface area contributed by atoms with E-state index in [9.17, 15) is 21.6 Å². The first-order valence-electron chi connectivity index (χ1n) is 9.14. The zero-order valence-corrected chi connectivity index (χ0v) is 17.5. The summed E-state index contributed by atoms with van der Waals surface area (Å²) in [6.07, 6.45) is 2.65. The third-order valence-electron chi connectivity index (χ3n) is 5.26. The number of nitrogens with zero attached hydrogens (tertiary/aromatic N) is 1. The fourth-order valence-corrected chi connectivity index (χ4v) is 6.63. The first kappa shape index (κ1) is 21.2. The van der Waals surface area contributed by atoms with E-state index in [4.69, 9.17) is 0 Å². The highest BCUT2D eigenvalue weighted by molar-refractivity contribution is 7.91. The molecule has 156 valence electrons. The number of sulfonamides is 1. The Labute approximate surface area is 165 Å². The molecule has 2 saturated heterocycles. The Balaban J connectivity index is 1.76. The molecule has 0 saturated carbocycles. The number of anilines is 1. The molecule has 2 heterocycles. The van der Waals surface area contributed by atoms with E-state index in [0.29, 0.717) is 25.2 Å². The van der Waals surface area contributed by atoms with Crippen LogP contribution in [0.25, 0.3) is 0 Å². The van der Waals surface area contributed by atoms with Crippen molar-refractivity contribution in [1.29, 1.82) is 0 Å². The minimum Gasteiger partial charge on any atom is -0.326 e. The van der Waals surface area contributed by atoms with Gasteiger partial charge < -0.3 is 5.32 Å². The number of carbonyl (C=O) groups excluding carboxylic acids is 1. The van der Waals surface area contributed by atoms with E-state index in [-0.39, 0.29) is 29.3 Å². The monoisotopic (exact) mass is 430 g/mol. The van der Waals surface area contributed by atoms with E-state index in [0.717, 1.165) is 6.42 Å². The van der Waals surface area contributed by atoms with Gasteiger partial charge in [-0.3, -0.25) is 15.6 Å². The minimum absolute atomic E-state index is 0.100. The highest BCUT2D eigenvalue weighted by Crippen LogP contribution is 2.29. The largest absolute Gasteiger partial charge is 0.326 e. The predicted octanol–water partition coefficient (Wildman–Crippen LogP) is -0.0647. The van der Waals surface area contributed by atoms with Crippen LogP contribution in [-0.4, -0.2) is 64.2 Å². The van der Waals surface area contributed by atoms with Crippen LogP contribution in [0.1, 0.15) is 19.8 Å². The summed E-state index contributed by atoms with van der Waals surface area (Å²) in [5, 5.41) is 2.03. The summed E-state index contributed by atoms with van der Waals surface area (Å²) in [7, 11) is -6.95. The molecule has 2 aliphatic rings. The molecule has 3 atom stereocenters. The van der Waals surface area contributed by atoms with Crippen LogP contribution in [0, 0.1) is 5.92 Å². The summed E-state index contributed by atoms with van der Waals surface area (Å²) >= 11 is 0. The summed E-state index contributed by atoms with van der Waals surface area (Å²) in [6, 6.07) is 5.73. The maximum Gasteiger partial charge on any atom is 0.243 e. The number of sulfone groups is 1. The summed E-state index contributed by atoms with van der Waals surface area (Å²) < 4.78 is 51.6. The molecule has 0 spiro atoms. The van der Waals surface area contributed by atoms with Crippen LogP contribution in [0.3, 0.4) is 0 Å². The standard InChI is InChI=1S/C17H26N4O5S2/c1-12(22)19-14-5-7-15(8-6-14)28(25,26)21-9-3-4-13(11-21)17-16(10-18-20-17)27(2,23)24/h5-8,13,16-18,20H,3-4,9-11H2,1-2H3,(H,19,22). The van der Waals surface area contributed by atoms with Gasteiger partial charge in [0.1, 0.15) is 0 Å². The number of hydrogen-bond acceptors (Lipinski definition) is 7. The highest BCUT2D eigenvalue weighted by atomic mass is 32.2. The molecule has 9 nitrogen and oxygen atoms in total. The topological polar surface area (TPSA) is 125 Å². The van der Waals surface area contributed by atoms with Crippen LogP contribution in [0.2, 0.25) is 0 Å². The first-order chi connectivity index (χ1) is 13.1. The maximum atomic E-state index is 13.0. The molecule has 3 rings (SSSR count). The van der Waals surface area contributed by atoms with Crippen molar-refractivity contribution in [1.82, 2.24) is 15.2 Å². The van der Waals surface area contributed by atoms with Crippen LogP contribution in [0.15, 0.2) is 29.2 Å². The Morgan fingerprint density at radius 2 is 1.86 bits per heavy atom. The molecule has 3 unspecified atom stereocenters. The SMILES string of the molecule is CC(=O)Nc1ccc(S(=O)(=O)N2CCCC(C3NNCC3S(C)(=O)=O)C2)cc1. The van der Waals surface area contributed by atoms with Gasteiger partial charge in [-0.15, -0.1) is 0 Å². The fraction of sp³-hybridized carbons (Fsp3) is 0.588. The van der Waals surface area contributed by atoms with Gasteiger partial charge in [-0.05, 0) is 43.0 Å². The van der Waals surface area contributed by atoms with E-state index in [1.807, 2.05) is 0 Å². The van der Waals surface area contributed by atoms with Crippen LogP contribution in [0.4, 0.5) is 5.69 Å². The van der Waals surface area contributed by atoms with Gasteiger partial charge in [0.2, 0.25) is 15.9 Å². The molecular formula is C17H26N4O5S2. The smallest absolute Gasteiger partial charge is 0.243 e. The van der Waals surface area contributed by atoms with Crippen LogP contribution >= 0.6 is 0 Å². The van der Waals surface area contributed by atoms with E-state index >= 15 is 0 Å². The van der Waals surface area contributed by atoms with E-state index in [1.54, 1.807) is 12.1 Å². The zero-order valence-electron chi connectivity index (χ0n) is 15.9. The number of hydrazine groups is 1. The van der Waals surface area contributed by atoms with Crippen LogP contribution in [-0.2, 0) is 24.7 Å². The molecule has 0 radical (unpaired) electrons. The molecule has 2 fully saturated rings. The predicted molar refractivity (Wildman–Crippen MR) is 106 cm³/mol. The van der Waals surface area contributed by atoms with Crippen molar-refractivity contribution < 1.29 is 21.6 Å². The van der Waals surface area contributed by atoms with Gasteiger partial charge >= 0.3 is 0 Å². The molecule has 0 aliphatic carbocycles. The Hall–Kier alpha value is -1.53. The van der Waals surface area contributed by atoms with Gasteiger partial charge in [-0.1, -0.05) is 0 Å². The number of rotatable bonds is 5. The number of carbonyl (C=O) groups is 1. The number of nitrogens with one attached hydrogen (secondary N) is 3. The molecule has 0 bridgehead atoms. The summed E-state index contributed by atoms with van der Waals surface area (Å²) in [6.45, 7) is 2.36. The van der Waals surface area contributed by atoms with Crippen molar-refractivity contribution in [2.45, 2.75) is 36.0 Å². The van der Waals surface area contributed by atoms with Gasteiger partial charge in [-0.25, -0.2) is 16.8 Å². The van der Waals surface area contributed by atoms with Gasteiger partial charge in [0.25, 0.3) is 0 Å². The first-order valence-corrected chi connectivity index (χ1v) is 12.5. The lowest BCUT2D eigenvalue weighted by molar-refractivity contribution is -0.114. The van der Waals surface area contributed by atoms with Gasteiger partial charge in [0.05, 0.1) is 10.1 Å². The molecular weight excluding hydrogens is 404 g/mol. The molecule has 11 heteroatoms. The van der Waals surface area contributed by atoms with E-state index in [2.05, 4.69) is 16.2 Å². The molecule has 1 aromatic carbocycles. The van der Waals surface area contributed by atoms with Crippen molar-refractivity contribution in [3.05, 3.63) is 24.3 Å². The molecule has 1 aromatic rings. The summed E-state index contributed by atoms with van der Waals surface area (Å²) in [5.74, 6) is -0.329. The fourth-order valence-electron chi connectivity index (χ4n) is 3.88. The van der Waals surface area contributed by atoms with Gasteiger partial charge in [-0.2, -0.15) is 4.31 Å². The summed E-state index contributed by atoms with van der Waals surface area (Å²) in [4.78, 5) is 11.3. The Kier molecular flexibility index (Phi) is 6.11. The molecule has 3 N–H and O–H groups in total. The zero-order chi connectivity index (χ0) is 20.5. The lowest BCUT2D eigenvalue weighted by atomic mass is 9.90.